The van der Waals surface area contributed by atoms with Gasteiger partial charge in [0.05, 0.1) is 11.7 Å². The van der Waals surface area contributed by atoms with Gasteiger partial charge in [0.25, 0.3) is 0 Å². The van der Waals surface area contributed by atoms with E-state index in [-0.39, 0.29) is 5.91 Å². The van der Waals surface area contributed by atoms with E-state index in [1.807, 2.05) is 48.7 Å². The van der Waals surface area contributed by atoms with Crippen LogP contribution in [0.5, 0.6) is 0 Å². The van der Waals surface area contributed by atoms with E-state index in [2.05, 4.69) is 15.3 Å². The Kier molecular flexibility index (Phi) is 4.16. The number of carbonyl (C=O) groups excluding carboxylic acids is 1. The maximum Gasteiger partial charge on any atom is 0.234 e. The third-order valence-corrected chi connectivity index (χ3v) is 3.70. The van der Waals surface area contributed by atoms with E-state index in [0.717, 1.165) is 22.2 Å². The van der Waals surface area contributed by atoms with Crippen LogP contribution in [0, 0.1) is 0 Å². The number of benzene rings is 1. The summed E-state index contributed by atoms with van der Waals surface area (Å²) in [4.78, 5) is 19.2. The average molecular weight is 294 g/mol. The first-order valence-electron chi connectivity index (χ1n) is 7.21. The van der Waals surface area contributed by atoms with Gasteiger partial charge in [-0.1, -0.05) is 24.3 Å². The molecule has 0 saturated carbocycles. The number of hydrogen-bond acceptors (Lipinski definition) is 3. The highest BCUT2D eigenvalue weighted by Crippen LogP contribution is 2.19. The van der Waals surface area contributed by atoms with Crippen molar-refractivity contribution in [2.24, 2.45) is 5.73 Å². The van der Waals surface area contributed by atoms with E-state index >= 15 is 0 Å². The predicted octanol–water partition coefficient (Wildman–Crippen LogP) is 1.75. The normalized spacial score (nSPS) is 12.4. The van der Waals surface area contributed by atoms with Crippen LogP contribution in [0.25, 0.3) is 10.9 Å². The Morgan fingerprint density at radius 2 is 2.05 bits per heavy atom. The van der Waals surface area contributed by atoms with Gasteiger partial charge >= 0.3 is 0 Å². The van der Waals surface area contributed by atoms with Gasteiger partial charge in [-0.15, -0.1) is 0 Å². The van der Waals surface area contributed by atoms with E-state index in [9.17, 15) is 4.79 Å². The summed E-state index contributed by atoms with van der Waals surface area (Å²) in [6.45, 7) is 0.511. The van der Waals surface area contributed by atoms with Crippen LogP contribution < -0.4 is 11.1 Å². The molecule has 112 valence electrons. The molecule has 3 rings (SSSR count). The van der Waals surface area contributed by atoms with Gasteiger partial charge in [0.15, 0.2) is 0 Å². The van der Waals surface area contributed by atoms with Crippen molar-refractivity contribution in [2.75, 3.05) is 0 Å². The summed E-state index contributed by atoms with van der Waals surface area (Å²) < 4.78 is 0. The van der Waals surface area contributed by atoms with Crippen molar-refractivity contribution in [2.45, 2.75) is 19.0 Å². The fourth-order valence-electron chi connectivity index (χ4n) is 2.52. The maximum absolute atomic E-state index is 11.7. The van der Waals surface area contributed by atoms with Crippen molar-refractivity contribution >= 4 is 16.8 Å². The second-order valence-corrected chi connectivity index (χ2v) is 5.22. The number of hydrogen-bond donors (Lipinski definition) is 3. The molecule has 0 fully saturated rings. The lowest BCUT2D eigenvalue weighted by molar-refractivity contribution is -0.120. The molecule has 0 bridgehead atoms. The van der Waals surface area contributed by atoms with Crippen LogP contribution in [0.3, 0.4) is 0 Å². The van der Waals surface area contributed by atoms with Gasteiger partial charge in [-0.3, -0.25) is 15.1 Å². The summed E-state index contributed by atoms with van der Waals surface area (Å²) in [5.41, 5.74) is 8.55. The molecule has 2 heterocycles. The molecule has 3 aromatic rings. The van der Waals surface area contributed by atoms with E-state index < -0.39 is 6.04 Å². The Morgan fingerprint density at radius 3 is 2.82 bits per heavy atom. The van der Waals surface area contributed by atoms with Crippen molar-refractivity contribution in [3.63, 3.8) is 0 Å². The van der Waals surface area contributed by atoms with Crippen LogP contribution in [0.15, 0.2) is 54.9 Å². The number of H-pyrrole nitrogens is 1. The first-order chi connectivity index (χ1) is 10.7. The molecule has 1 amide bonds. The number of carbonyl (C=O) groups is 1. The quantitative estimate of drug-likeness (QED) is 0.647. The maximum atomic E-state index is 11.7. The molecule has 0 spiro atoms. The van der Waals surface area contributed by atoms with E-state index in [4.69, 9.17) is 5.73 Å². The highest BCUT2D eigenvalue weighted by Gasteiger charge is 2.17. The second-order valence-electron chi connectivity index (χ2n) is 5.22. The minimum Gasteiger partial charge on any atom is -0.368 e. The minimum absolute atomic E-state index is 0.360. The molecular weight excluding hydrogens is 276 g/mol. The molecular formula is C17H18N4O. The number of nitrogens with zero attached hydrogens (tertiary/aromatic N) is 1. The number of rotatable bonds is 6. The zero-order valence-electron chi connectivity index (χ0n) is 12.1. The number of aromatic nitrogens is 2. The van der Waals surface area contributed by atoms with Crippen molar-refractivity contribution < 1.29 is 4.79 Å². The van der Waals surface area contributed by atoms with E-state index in [1.165, 1.54) is 0 Å². The number of nitrogens with two attached hydrogens (primary N) is 1. The highest BCUT2D eigenvalue weighted by atomic mass is 16.1. The summed E-state index contributed by atoms with van der Waals surface area (Å²) in [6.07, 6.45) is 4.21. The van der Waals surface area contributed by atoms with Crippen LogP contribution in [0.1, 0.15) is 11.3 Å². The molecule has 4 N–H and O–H groups in total. The lowest BCUT2D eigenvalue weighted by atomic mass is 10.0. The Bertz CT molecular complexity index is 766. The topological polar surface area (TPSA) is 83.8 Å². The lowest BCUT2D eigenvalue weighted by Gasteiger charge is -2.14. The summed E-state index contributed by atoms with van der Waals surface area (Å²) in [7, 11) is 0. The van der Waals surface area contributed by atoms with E-state index in [1.54, 1.807) is 6.20 Å². The van der Waals surface area contributed by atoms with Crippen LogP contribution in [0.2, 0.25) is 0 Å². The number of para-hydroxylation sites is 1. The Balaban J connectivity index is 1.73. The molecule has 0 aliphatic carbocycles. The summed E-state index contributed by atoms with van der Waals surface area (Å²) in [6, 6.07) is 13.3. The average Bonchev–Trinajstić information content (AvgIpc) is 2.95. The Labute approximate surface area is 128 Å². The zero-order valence-corrected chi connectivity index (χ0v) is 12.1. The number of nitrogens with one attached hydrogen (secondary N) is 2. The van der Waals surface area contributed by atoms with Gasteiger partial charge < -0.3 is 10.7 Å². The number of primary amides is 1. The standard InChI is InChI=1S/C17H18N4O/c18-17(22)16(21-11-13-5-3-4-8-19-13)9-12-10-20-15-7-2-1-6-14(12)15/h1-8,10,16,20-21H,9,11H2,(H2,18,22). The fourth-order valence-corrected chi connectivity index (χ4v) is 2.52. The SMILES string of the molecule is NC(=O)C(Cc1c[nH]c2ccccc12)NCc1ccccn1. The first kappa shape index (κ1) is 14.3. The second kappa shape index (κ2) is 6.41. The molecule has 0 radical (unpaired) electrons. The number of pyridine rings is 1. The molecule has 5 heteroatoms. The van der Waals surface area contributed by atoms with Gasteiger partial charge in [0.1, 0.15) is 0 Å². The molecule has 22 heavy (non-hydrogen) atoms. The van der Waals surface area contributed by atoms with Crippen LogP contribution >= 0.6 is 0 Å². The van der Waals surface area contributed by atoms with Gasteiger partial charge in [-0.2, -0.15) is 0 Å². The van der Waals surface area contributed by atoms with Gasteiger partial charge in [-0.05, 0) is 30.2 Å². The van der Waals surface area contributed by atoms with Crippen molar-refractivity contribution in [3.05, 3.63) is 66.1 Å². The number of amides is 1. The number of fused-ring (bicyclic) bond motifs is 1. The fraction of sp³-hybridized carbons (Fsp3) is 0.176. The highest BCUT2D eigenvalue weighted by molar-refractivity contribution is 5.85. The Hall–Kier alpha value is -2.66. The molecule has 1 unspecified atom stereocenters. The van der Waals surface area contributed by atoms with Crippen molar-refractivity contribution in [1.29, 1.82) is 0 Å². The van der Waals surface area contributed by atoms with E-state index in [0.29, 0.717) is 13.0 Å². The monoisotopic (exact) mass is 294 g/mol. The van der Waals surface area contributed by atoms with Crippen molar-refractivity contribution in [1.82, 2.24) is 15.3 Å². The first-order valence-corrected chi connectivity index (χ1v) is 7.21. The van der Waals surface area contributed by atoms with Crippen molar-refractivity contribution in [3.8, 4) is 0 Å². The number of aromatic amines is 1. The van der Waals surface area contributed by atoms with Crippen LogP contribution in [-0.4, -0.2) is 21.9 Å². The molecule has 1 atom stereocenters. The van der Waals surface area contributed by atoms with Crippen LogP contribution in [0.4, 0.5) is 0 Å². The Morgan fingerprint density at radius 1 is 1.23 bits per heavy atom. The largest absolute Gasteiger partial charge is 0.368 e. The third-order valence-electron chi connectivity index (χ3n) is 3.70. The third kappa shape index (κ3) is 3.15. The lowest BCUT2D eigenvalue weighted by Crippen LogP contribution is -2.42. The zero-order chi connectivity index (χ0) is 15.4. The summed E-state index contributed by atoms with van der Waals surface area (Å²) in [5.74, 6) is -0.360. The van der Waals surface area contributed by atoms with Crippen LogP contribution in [-0.2, 0) is 17.8 Å². The molecule has 5 nitrogen and oxygen atoms in total. The predicted molar refractivity (Wildman–Crippen MR) is 86.1 cm³/mol. The molecule has 1 aromatic carbocycles. The minimum atomic E-state index is -0.429. The smallest absolute Gasteiger partial charge is 0.234 e. The molecule has 0 aliphatic rings. The van der Waals surface area contributed by atoms with Gasteiger partial charge in [0, 0.05) is 29.8 Å². The van der Waals surface area contributed by atoms with Gasteiger partial charge in [-0.25, -0.2) is 0 Å². The van der Waals surface area contributed by atoms with Gasteiger partial charge in [0.2, 0.25) is 5.91 Å². The molecule has 0 saturated heterocycles. The summed E-state index contributed by atoms with van der Waals surface area (Å²) >= 11 is 0. The molecule has 0 aliphatic heterocycles. The summed E-state index contributed by atoms with van der Waals surface area (Å²) in [5, 5.41) is 4.31. The molecule has 2 aromatic heterocycles.